The Morgan fingerprint density at radius 1 is 1.17 bits per heavy atom. The number of piperazine rings is 1. The number of hydrogen-bond acceptors (Lipinski definition) is 4. The molecule has 0 aliphatic carbocycles. The minimum absolute atomic E-state index is 0.252. The number of halogens is 1. The van der Waals surface area contributed by atoms with Gasteiger partial charge in [-0.25, -0.2) is 8.42 Å². The molecule has 1 heterocycles. The summed E-state index contributed by atoms with van der Waals surface area (Å²) in [5, 5.41) is 3.82. The van der Waals surface area contributed by atoms with Crippen LogP contribution in [0.1, 0.15) is 11.6 Å². The minimum atomic E-state index is -3.62. The third-order valence-corrected chi connectivity index (χ3v) is 6.39. The Labute approximate surface area is 147 Å². The first kappa shape index (κ1) is 17.2. The lowest BCUT2D eigenvalue weighted by atomic mass is 10.1. The van der Waals surface area contributed by atoms with Crippen LogP contribution in [0.15, 0.2) is 53.4 Å². The van der Waals surface area contributed by atoms with Gasteiger partial charge in [-0.1, -0.05) is 29.8 Å². The van der Waals surface area contributed by atoms with Gasteiger partial charge in [0, 0.05) is 24.7 Å². The summed E-state index contributed by atoms with van der Waals surface area (Å²) in [4.78, 5) is 0.252. The van der Waals surface area contributed by atoms with Crippen molar-refractivity contribution in [3.05, 3.63) is 59.1 Å². The van der Waals surface area contributed by atoms with Gasteiger partial charge in [0.15, 0.2) is 0 Å². The molecule has 0 radical (unpaired) electrons. The van der Waals surface area contributed by atoms with Crippen LogP contribution in [0.4, 0.5) is 0 Å². The lowest BCUT2D eigenvalue weighted by Gasteiger charge is -2.35. The highest BCUT2D eigenvalue weighted by molar-refractivity contribution is 7.89. The number of methoxy groups -OCH3 is 1. The molecular weight excluding hydrogens is 348 g/mol. The number of benzene rings is 2. The molecule has 2 aromatic rings. The molecule has 0 bridgehead atoms. The molecule has 1 N–H and O–H groups in total. The molecule has 128 valence electrons. The number of nitrogens with one attached hydrogen (secondary N) is 1. The molecule has 0 spiro atoms. The first-order valence-corrected chi connectivity index (χ1v) is 9.47. The van der Waals surface area contributed by atoms with Crippen molar-refractivity contribution in [2.24, 2.45) is 0 Å². The number of hydrogen-bond donors (Lipinski definition) is 1. The van der Waals surface area contributed by atoms with Gasteiger partial charge in [-0.05, 0) is 35.9 Å². The van der Waals surface area contributed by atoms with E-state index in [1.54, 1.807) is 37.4 Å². The van der Waals surface area contributed by atoms with Crippen LogP contribution in [0.3, 0.4) is 0 Å². The Kier molecular flexibility index (Phi) is 5.10. The molecule has 5 nitrogen and oxygen atoms in total. The quantitative estimate of drug-likeness (QED) is 0.903. The molecule has 0 aromatic heterocycles. The number of rotatable bonds is 4. The molecule has 1 atom stereocenters. The Morgan fingerprint density at radius 3 is 2.54 bits per heavy atom. The zero-order valence-corrected chi connectivity index (χ0v) is 14.8. The van der Waals surface area contributed by atoms with Crippen molar-refractivity contribution in [3.8, 4) is 5.75 Å². The van der Waals surface area contributed by atoms with Crippen molar-refractivity contribution in [1.82, 2.24) is 9.62 Å². The van der Waals surface area contributed by atoms with Gasteiger partial charge in [-0.3, -0.25) is 0 Å². The lowest BCUT2D eigenvalue weighted by Crippen LogP contribution is -2.48. The normalized spacial score (nSPS) is 19.2. The minimum Gasteiger partial charge on any atom is -0.497 e. The Hall–Kier alpha value is -1.60. The summed E-state index contributed by atoms with van der Waals surface area (Å²) < 4.78 is 32.8. The van der Waals surface area contributed by atoms with E-state index in [4.69, 9.17) is 16.3 Å². The molecule has 1 aliphatic heterocycles. The smallest absolute Gasteiger partial charge is 0.243 e. The SMILES string of the molecule is COc1ccc(S(=O)(=O)N2CCNCC2c2ccccc2Cl)cc1. The number of sulfonamides is 1. The van der Waals surface area contributed by atoms with Crippen LogP contribution in [0.2, 0.25) is 5.02 Å². The van der Waals surface area contributed by atoms with Gasteiger partial charge in [0.1, 0.15) is 5.75 Å². The third-order valence-electron chi connectivity index (χ3n) is 4.12. The first-order chi connectivity index (χ1) is 11.5. The average Bonchev–Trinajstić information content (AvgIpc) is 2.62. The molecule has 24 heavy (non-hydrogen) atoms. The van der Waals surface area contributed by atoms with Crippen LogP contribution in [-0.2, 0) is 10.0 Å². The number of ether oxygens (including phenoxy) is 1. The summed E-state index contributed by atoms with van der Waals surface area (Å²) in [6, 6.07) is 13.5. The molecule has 1 unspecified atom stereocenters. The fraction of sp³-hybridized carbons (Fsp3) is 0.294. The van der Waals surface area contributed by atoms with Crippen molar-refractivity contribution in [1.29, 1.82) is 0 Å². The molecule has 3 rings (SSSR count). The lowest BCUT2D eigenvalue weighted by molar-refractivity contribution is 0.271. The van der Waals surface area contributed by atoms with Crippen molar-refractivity contribution in [2.75, 3.05) is 26.7 Å². The topological polar surface area (TPSA) is 58.6 Å². The maximum Gasteiger partial charge on any atom is 0.243 e. The summed E-state index contributed by atoms with van der Waals surface area (Å²) >= 11 is 6.29. The van der Waals surface area contributed by atoms with Crippen LogP contribution in [-0.4, -0.2) is 39.5 Å². The summed E-state index contributed by atoms with van der Waals surface area (Å²) in [6.07, 6.45) is 0. The fourth-order valence-corrected chi connectivity index (χ4v) is 4.73. The standard InChI is InChI=1S/C17H19ClN2O3S/c1-23-13-6-8-14(9-7-13)24(21,22)20-11-10-19-12-17(20)15-4-2-3-5-16(15)18/h2-9,17,19H,10-12H2,1H3. The van der Waals surface area contributed by atoms with E-state index in [1.165, 1.54) is 4.31 Å². The van der Waals surface area contributed by atoms with Gasteiger partial charge in [0.25, 0.3) is 0 Å². The van der Waals surface area contributed by atoms with Crippen LogP contribution >= 0.6 is 11.6 Å². The van der Waals surface area contributed by atoms with Crippen molar-refractivity contribution >= 4 is 21.6 Å². The van der Waals surface area contributed by atoms with Crippen molar-refractivity contribution < 1.29 is 13.2 Å². The Bertz CT molecular complexity index is 809. The van der Waals surface area contributed by atoms with E-state index in [0.717, 1.165) is 5.56 Å². The number of nitrogens with zero attached hydrogens (tertiary/aromatic N) is 1. The monoisotopic (exact) mass is 366 g/mol. The van der Waals surface area contributed by atoms with E-state index in [1.807, 2.05) is 18.2 Å². The first-order valence-electron chi connectivity index (χ1n) is 7.65. The van der Waals surface area contributed by atoms with E-state index < -0.39 is 10.0 Å². The van der Waals surface area contributed by atoms with E-state index >= 15 is 0 Å². The van der Waals surface area contributed by atoms with Crippen molar-refractivity contribution in [2.45, 2.75) is 10.9 Å². The van der Waals surface area contributed by atoms with Crippen LogP contribution in [0.25, 0.3) is 0 Å². The highest BCUT2D eigenvalue weighted by Crippen LogP contribution is 2.33. The highest BCUT2D eigenvalue weighted by atomic mass is 35.5. The van der Waals surface area contributed by atoms with Crippen molar-refractivity contribution in [3.63, 3.8) is 0 Å². The molecular formula is C17H19ClN2O3S. The summed E-state index contributed by atoms with van der Waals surface area (Å²) in [5.41, 5.74) is 0.809. The molecule has 2 aromatic carbocycles. The predicted octanol–water partition coefficient (Wildman–Crippen LogP) is 2.68. The van der Waals surface area contributed by atoms with Crippen LogP contribution < -0.4 is 10.1 Å². The van der Waals surface area contributed by atoms with Gasteiger partial charge >= 0.3 is 0 Å². The maximum absolute atomic E-state index is 13.1. The molecule has 7 heteroatoms. The van der Waals surface area contributed by atoms with E-state index in [0.29, 0.717) is 30.4 Å². The zero-order valence-electron chi connectivity index (χ0n) is 13.3. The largest absolute Gasteiger partial charge is 0.497 e. The van der Waals surface area contributed by atoms with Gasteiger partial charge in [0.05, 0.1) is 18.0 Å². The second-order valence-corrected chi connectivity index (χ2v) is 7.83. The van der Waals surface area contributed by atoms with Crippen LogP contribution in [0, 0.1) is 0 Å². The van der Waals surface area contributed by atoms with Gasteiger partial charge in [-0.15, -0.1) is 0 Å². The molecule has 0 amide bonds. The molecule has 1 fully saturated rings. The van der Waals surface area contributed by atoms with E-state index in [2.05, 4.69) is 5.32 Å². The zero-order chi connectivity index (χ0) is 17.2. The Morgan fingerprint density at radius 2 is 1.88 bits per heavy atom. The highest BCUT2D eigenvalue weighted by Gasteiger charge is 2.35. The fourth-order valence-electron chi connectivity index (χ4n) is 2.87. The van der Waals surface area contributed by atoms with Gasteiger partial charge in [0.2, 0.25) is 10.0 Å². The van der Waals surface area contributed by atoms with E-state index in [-0.39, 0.29) is 10.9 Å². The Balaban J connectivity index is 1.98. The second-order valence-electron chi connectivity index (χ2n) is 5.53. The predicted molar refractivity (Wildman–Crippen MR) is 93.9 cm³/mol. The summed E-state index contributed by atoms with van der Waals surface area (Å²) in [6.45, 7) is 1.53. The molecule has 1 aliphatic rings. The summed E-state index contributed by atoms with van der Waals surface area (Å²) in [7, 11) is -2.07. The third kappa shape index (κ3) is 3.28. The van der Waals surface area contributed by atoms with Gasteiger partial charge in [-0.2, -0.15) is 4.31 Å². The average molecular weight is 367 g/mol. The molecule has 0 saturated carbocycles. The maximum atomic E-state index is 13.1. The van der Waals surface area contributed by atoms with E-state index in [9.17, 15) is 8.42 Å². The summed E-state index contributed by atoms with van der Waals surface area (Å²) in [5.74, 6) is 0.622. The molecule has 1 saturated heterocycles. The second kappa shape index (κ2) is 7.11. The van der Waals surface area contributed by atoms with Gasteiger partial charge < -0.3 is 10.1 Å². The van der Waals surface area contributed by atoms with Crippen LogP contribution in [0.5, 0.6) is 5.75 Å².